The largest absolute Gasteiger partial charge is 0.304 e. The maximum Gasteiger partial charge on any atom is 0.0352 e. The first-order chi connectivity index (χ1) is 26.4. The van der Waals surface area contributed by atoms with Crippen molar-refractivity contribution in [1.29, 1.82) is 0 Å². The topological polar surface area (TPSA) is 25.8 Å². The van der Waals surface area contributed by atoms with Crippen LogP contribution in [0.5, 0.6) is 0 Å². The van der Waals surface area contributed by atoms with Crippen molar-refractivity contribution >= 4 is 32.3 Å². The average molecular weight is 851 g/mol. The minimum Gasteiger partial charge on any atom is -0.304 e. The molecule has 2 nitrogen and oxygen atoms in total. The molecule has 7 aromatic rings. The number of aromatic nitrogens is 2. The third-order valence-corrected chi connectivity index (χ3v) is 9.71. The maximum absolute atomic E-state index is 9.36. The predicted octanol–water partition coefficient (Wildman–Crippen LogP) is 13.1. The number of hydrogen-bond donors (Lipinski definition) is 0. The Bertz CT molecular complexity index is 2480. The fourth-order valence-electron chi connectivity index (χ4n) is 7.00. The van der Waals surface area contributed by atoms with Gasteiger partial charge in [-0.25, -0.2) is 0 Å². The quantitative estimate of drug-likeness (QED) is 0.130. The molecule has 1 aliphatic rings. The van der Waals surface area contributed by atoms with Crippen molar-refractivity contribution in [3.8, 4) is 22.5 Å². The number of hydrogen-bond acceptors (Lipinski definition) is 2. The zero-order valence-electron chi connectivity index (χ0n) is 36.0. The standard InChI is InChI=1S/C32H30N.C16H18N.Ir/c1-21-20-33-31(19-29(21)22-14-16-32(2,3)17-15-22)23-12-13-28-26-10-5-4-8-24(26)25-9-6-7-11-27(25)30(28)18-23;1-16(2,3)11-13-9-10-15(17-12-13)14-7-5-4-6-8-14;/h4-11,13,18-20,22H,14-17H2,1-3H3;4-7,9-10,12H,11H2,1-3H3;/q2*-1;/i1D3,22D;11D2;. The summed E-state index contributed by atoms with van der Waals surface area (Å²) in [5, 5.41) is 7.00. The molecule has 0 aliphatic heterocycles. The van der Waals surface area contributed by atoms with Crippen LogP contribution in [0.25, 0.3) is 54.8 Å². The molecule has 0 amide bonds. The Morgan fingerprint density at radius 2 is 1.37 bits per heavy atom. The van der Waals surface area contributed by atoms with Crippen LogP contribution in [0.15, 0.2) is 116 Å². The van der Waals surface area contributed by atoms with Gasteiger partial charge in [-0.3, -0.25) is 0 Å². The van der Waals surface area contributed by atoms with Gasteiger partial charge in [0.2, 0.25) is 0 Å². The third-order valence-electron chi connectivity index (χ3n) is 9.71. The Hall–Kier alpha value is -4.17. The summed E-state index contributed by atoms with van der Waals surface area (Å²) in [5.74, 6) is -0.934. The van der Waals surface area contributed by atoms with Gasteiger partial charge in [0.05, 0.1) is 0 Å². The molecule has 0 spiro atoms. The molecular formula is C48H48IrN2-2. The molecule has 2 aromatic heterocycles. The van der Waals surface area contributed by atoms with E-state index in [1.807, 2.05) is 69.3 Å². The molecule has 1 fully saturated rings. The van der Waals surface area contributed by atoms with Crippen LogP contribution in [0.4, 0.5) is 0 Å². The molecule has 51 heavy (non-hydrogen) atoms. The summed E-state index contributed by atoms with van der Waals surface area (Å²) in [5.41, 5.74) is 4.32. The van der Waals surface area contributed by atoms with Gasteiger partial charge < -0.3 is 9.97 Å². The predicted molar refractivity (Wildman–Crippen MR) is 212 cm³/mol. The summed E-state index contributed by atoms with van der Waals surface area (Å²) in [6.07, 6.45) is 4.78. The second-order valence-corrected chi connectivity index (χ2v) is 15.2. The fourth-order valence-corrected chi connectivity index (χ4v) is 7.00. The van der Waals surface area contributed by atoms with Gasteiger partial charge in [-0.1, -0.05) is 118 Å². The molecule has 0 atom stereocenters. The Balaban J connectivity index is 0.000000233. The second-order valence-electron chi connectivity index (χ2n) is 15.2. The van der Waals surface area contributed by atoms with E-state index in [1.165, 1.54) is 22.4 Å². The fraction of sp³-hybridized carbons (Fsp3) is 0.292. The Morgan fingerprint density at radius 3 is 1.96 bits per heavy atom. The SMILES string of the molecule is [2H]C([2H])([2H])c1cnc(-c2[c-]cc3c4ccccc4c4ccccc4c3c2)cc1C1([2H])CCC(C)(C)CC1.[2H]C([2H])(c1ccc(-c2[c-]cccc2)nc1)C(C)(C)C.[Ir]. The first kappa shape index (κ1) is 29.4. The molecule has 5 aromatic carbocycles. The van der Waals surface area contributed by atoms with Gasteiger partial charge in [0.1, 0.15) is 0 Å². The zero-order chi connectivity index (χ0) is 40.1. The van der Waals surface area contributed by atoms with Crippen LogP contribution in [-0.2, 0) is 26.5 Å². The van der Waals surface area contributed by atoms with Crippen LogP contribution in [0.1, 0.15) is 91.1 Å². The van der Waals surface area contributed by atoms with E-state index in [4.69, 9.17) is 6.85 Å². The summed E-state index contributed by atoms with van der Waals surface area (Å²) >= 11 is 0. The van der Waals surface area contributed by atoms with Gasteiger partial charge in [-0.05, 0) is 99.9 Å². The Kier molecular flexibility index (Phi) is 8.77. The van der Waals surface area contributed by atoms with Gasteiger partial charge in [0.15, 0.2) is 0 Å². The molecule has 0 bridgehead atoms. The monoisotopic (exact) mass is 851 g/mol. The van der Waals surface area contributed by atoms with Crippen LogP contribution < -0.4 is 0 Å². The van der Waals surface area contributed by atoms with Gasteiger partial charge in [0.25, 0.3) is 0 Å². The summed E-state index contributed by atoms with van der Waals surface area (Å²) in [7, 11) is 0. The molecule has 1 saturated carbocycles. The molecule has 0 saturated heterocycles. The maximum atomic E-state index is 9.36. The average Bonchev–Trinajstić information content (AvgIpc) is 3.19. The van der Waals surface area contributed by atoms with Gasteiger partial charge in [-0.2, -0.15) is 0 Å². The second kappa shape index (κ2) is 15.2. The zero-order valence-corrected chi connectivity index (χ0v) is 32.4. The molecule has 1 radical (unpaired) electrons. The number of fused-ring (bicyclic) bond motifs is 6. The van der Waals surface area contributed by atoms with Crippen LogP contribution in [0.2, 0.25) is 0 Å². The van der Waals surface area contributed by atoms with E-state index in [-0.39, 0.29) is 31.1 Å². The van der Waals surface area contributed by atoms with Crippen LogP contribution >= 0.6 is 0 Å². The molecule has 0 unspecified atom stereocenters. The van der Waals surface area contributed by atoms with Gasteiger partial charge in [0, 0.05) is 40.7 Å². The van der Waals surface area contributed by atoms with Gasteiger partial charge >= 0.3 is 0 Å². The first-order valence-corrected chi connectivity index (χ1v) is 17.6. The van der Waals surface area contributed by atoms with E-state index < -0.39 is 24.5 Å². The number of rotatable bonds is 4. The van der Waals surface area contributed by atoms with Crippen molar-refractivity contribution in [3.63, 3.8) is 0 Å². The van der Waals surface area contributed by atoms with Crippen molar-refractivity contribution in [3.05, 3.63) is 144 Å². The summed E-state index contributed by atoms with van der Waals surface area (Å²) < 4.78 is 50.2. The molecule has 3 heteroatoms. The summed E-state index contributed by atoms with van der Waals surface area (Å²) in [4.78, 5) is 8.96. The van der Waals surface area contributed by atoms with Crippen molar-refractivity contribution in [1.82, 2.24) is 9.97 Å². The Morgan fingerprint density at radius 1 is 0.745 bits per heavy atom. The van der Waals surface area contributed by atoms with Crippen molar-refractivity contribution in [2.24, 2.45) is 10.8 Å². The van der Waals surface area contributed by atoms with E-state index in [0.29, 0.717) is 29.7 Å². The smallest absolute Gasteiger partial charge is 0.0352 e. The van der Waals surface area contributed by atoms with Crippen molar-refractivity contribution < 1.29 is 28.3 Å². The summed E-state index contributed by atoms with van der Waals surface area (Å²) in [6.45, 7) is 7.83. The van der Waals surface area contributed by atoms with E-state index in [9.17, 15) is 1.37 Å². The van der Waals surface area contributed by atoms with E-state index >= 15 is 0 Å². The van der Waals surface area contributed by atoms with Crippen LogP contribution in [0.3, 0.4) is 0 Å². The van der Waals surface area contributed by atoms with E-state index in [2.05, 4.69) is 90.5 Å². The normalized spacial score (nSPS) is 17.4. The molecule has 1 aliphatic carbocycles. The van der Waals surface area contributed by atoms with Crippen molar-refractivity contribution in [2.75, 3.05) is 0 Å². The molecule has 8 rings (SSSR count). The van der Waals surface area contributed by atoms with E-state index in [1.54, 1.807) is 6.20 Å². The van der Waals surface area contributed by atoms with Gasteiger partial charge in [-0.15, -0.1) is 59.7 Å². The van der Waals surface area contributed by atoms with Crippen LogP contribution in [-0.4, -0.2) is 9.97 Å². The molecule has 0 N–H and O–H groups in total. The minimum atomic E-state index is -2.32. The minimum absolute atomic E-state index is 0. The number of nitrogens with zero attached hydrogens (tertiary/aromatic N) is 2. The number of benzene rings is 5. The molecule has 261 valence electrons. The van der Waals surface area contributed by atoms with Crippen LogP contribution in [0, 0.1) is 29.8 Å². The Labute approximate surface area is 326 Å². The first-order valence-electron chi connectivity index (χ1n) is 20.6. The molecule has 2 heterocycles. The van der Waals surface area contributed by atoms with Crippen molar-refractivity contribution in [2.45, 2.75) is 79.4 Å². The summed E-state index contributed by atoms with van der Waals surface area (Å²) in [6, 6.07) is 40.7. The molecular weight excluding hydrogens is 797 g/mol. The third kappa shape index (κ3) is 8.33. The van der Waals surface area contributed by atoms with E-state index in [0.717, 1.165) is 45.8 Å². The number of pyridine rings is 2. The number of aryl methyl sites for hydroxylation is 1.